The lowest BCUT2D eigenvalue weighted by Gasteiger charge is -2.21. The highest BCUT2D eigenvalue weighted by Crippen LogP contribution is 2.34. The van der Waals surface area contributed by atoms with E-state index in [4.69, 9.17) is 0 Å². The van der Waals surface area contributed by atoms with Crippen molar-refractivity contribution in [1.82, 2.24) is 19.6 Å². The van der Waals surface area contributed by atoms with Crippen LogP contribution in [0.1, 0.15) is 0 Å². The van der Waals surface area contributed by atoms with Crippen LogP contribution in [0, 0.1) is 0 Å². The molecule has 0 amide bonds. The molecular weight excluding hydrogens is 342 g/mol. The summed E-state index contributed by atoms with van der Waals surface area (Å²) < 4.78 is 2.88. The van der Waals surface area contributed by atoms with Crippen molar-refractivity contribution in [3.8, 4) is 0 Å². The van der Waals surface area contributed by atoms with Gasteiger partial charge in [-0.05, 0) is 40.2 Å². The summed E-state index contributed by atoms with van der Waals surface area (Å²) in [5, 5.41) is 9.09. The third-order valence-electron chi connectivity index (χ3n) is 3.67. The number of nitrogens with zero attached hydrogens (tertiary/aromatic N) is 5. The molecule has 0 atom stereocenters. The van der Waals surface area contributed by atoms with Gasteiger partial charge in [-0.1, -0.05) is 24.3 Å². The topological polar surface area (TPSA) is 46.3 Å². The van der Waals surface area contributed by atoms with E-state index in [1.54, 1.807) is 6.33 Å². The molecule has 0 unspecified atom stereocenters. The molecule has 2 heterocycles. The summed E-state index contributed by atoms with van der Waals surface area (Å²) in [6.45, 7) is 0. The maximum absolute atomic E-state index is 4.69. The van der Waals surface area contributed by atoms with Crippen LogP contribution in [-0.2, 0) is 0 Å². The van der Waals surface area contributed by atoms with Gasteiger partial charge < -0.3 is 4.90 Å². The minimum Gasteiger partial charge on any atom is -0.329 e. The zero-order valence-electron chi connectivity index (χ0n) is 11.8. The second-order valence-electron chi connectivity index (χ2n) is 4.96. The number of fused-ring (bicyclic) bond motifs is 3. The van der Waals surface area contributed by atoms with Gasteiger partial charge in [-0.15, -0.1) is 10.2 Å². The molecule has 0 saturated carbocycles. The lowest BCUT2D eigenvalue weighted by Crippen LogP contribution is -2.13. The van der Waals surface area contributed by atoms with Crippen molar-refractivity contribution in [2.45, 2.75) is 0 Å². The standard InChI is InChI=1S/C16H12BrN5/c1-21(11-6-3-2-4-7-11)15-14-12(17)8-5-9-13(14)22-10-18-20-16(22)19-15/h2-10H,1H3. The molecule has 6 heteroatoms. The maximum atomic E-state index is 4.69. The minimum atomic E-state index is 0.586. The fourth-order valence-electron chi connectivity index (χ4n) is 2.58. The summed E-state index contributed by atoms with van der Waals surface area (Å²) in [6, 6.07) is 16.2. The van der Waals surface area contributed by atoms with Crippen LogP contribution < -0.4 is 4.90 Å². The van der Waals surface area contributed by atoms with Crippen LogP contribution in [-0.4, -0.2) is 26.6 Å². The van der Waals surface area contributed by atoms with Crippen LogP contribution in [0.3, 0.4) is 0 Å². The average molecular weight is 354 g/mol. The summed E-state index contributed by atoms with van der Waals surface area (Å²) in [5.41, 5.74) is 2.08. The SMILES string of the molecule is CN(c1ccccc1)c1nc2nncn2c2cccc(Br)c12. The van der Waals surface area contributed by atoms with Gasteiger partial charge in [0.25, 0.3) is 5.78 Å². The molecule has 4 rings (SSSR count). The summed E-state index contributed by atoms with van der Waals surface area (Å²) in [7, 11) is 2.00. The lowest BCUT2D eigenvalue weighted by molar-refractivity contribution is 1.08. The second-order valence-corrected chi connectivity index (χ2v) is 5.82. The first-order valence-electron chi connectivity index (χ1n) is 6.82. The molecule has 0 radical (unpaired) electrons. The Morgan fingerprint density at radius 2 is 1.86 bits per heavy atom. The van der Waals surface area contributed by atoms with E-state index >= 15 is 0 Å². The van der Waals surface area contributed by atoms with Crippen molar-refractivity contribution in [2.75, 3.05) is 11.9 Å². The van der Waals surface area contributed by atoms with Crippen molar-refractivity contribution in [1.29, 1.82) is 0 Å². The van der Waals surface area contributed by atoms with Gasteiger partial charge in [-0.3, -0.25) is 4.40 Å². The Labute approximate surface area is 135 Å². The van der Waals surface area contributed by atoms with Crippen LogP contribution in [0.5, 0.6) is 0 Å². The fraction of sp³-hybridized carbons (Fsp3) is 0.0625. The fourth-order valence-corrected chi connectivity index (χ4v) is 3.11. The molecule has 0 aliphatic heterocycles. The van der Waals surface area contributed by atoms with Gasteiger partial charge in [-0.25, -0.2) is 0 Å². The predicted octanol–water partition coefficient (Wildman–Crippen LogP) is 3.81. The molecule has 4 aromatic rings. The number of para-hydroxylation sites is 1. The van der Waals surface area contributed by atoms with Crippen molar-refractivity contribution in [3.63, 3.8) is 0 Å². The van der Waals surface area contributed by atoms with Gasteiger partial charge in [0.2, 0.25) is 0 Å². The molecule has 0 saturated heterocycles. The number of aromatic nitrogens is 4. The Bertz CT molecular complexity index is 964. The molecule has 0 aliphatic rings. The molecule has 5 nitrogen and oxygen atoms in total. The monoisotopic (exact) mass is 353 g/mol. The Morgan fingerprint density at radius 1 is 1.05 bits per heavy atom. The number of rotatable bonds is 2. The van der Waals surface area contributed by atoms with Gasteiger partial charge >= 0.3 is 0 Å². The van der Waals surface area contributed by atoms with Gasteiger partial charge in [-0.2, -0.15) is 4.98 Å². The molecular formula is C16H12BrN5. The van der Waals surface area contributed by atoms with E-state index in [2.05, 4.69) is 48.1 Å². The van der Waals surface area contributed by atoms with Crippen LogP contribution in [0.2, 0.25) is 0 Å². The van der Waals surface area contributed by atoms with E-state index in [0.717, 1.165) is 26.9 Å². The first kappa shape index (κ1) is 13.2. The molecule has 0 N–H and O–H groups in total. The van der Waals surface area contributed by atoms with Crippen LogP contribution in [0.25, 0.3) is 16.7 Å². The zero-order chi connectivity index (χ0) is 15.1. The molecule has 0 aliphatic carbocycles. The summed E-state index contributed by atoms with van der Waals surface area (Å²) in [4.78, 5) is 6.74. The van der Waals surface area contributed by atoms with Gasteiger partial charge in [0.1, 0.15) is 12.1 Å². The van der Waals surface area contributed by atoms with Crippen LogP contribution in [0.4, 0.5) is 11.5 Å². The largest absolute Gasteiger partial charge is 0.329 e. The Kier molecular flexibility index (Phi) is 3.04. The van der Waals surface area contributed by atoms with E-state index < -0.39 is 0 Å². The van der Waals surface area contributed by atoms with Crippen molar-refractivity contribution < 1.29 is 0 Å². The number of halogens is 1. The maximum Gasteiger partial charge on any atom is 0.257 e. The van der Waals surface area contributed by atoms with Gasteiger partial charge in [0, 0.05) is 17.2 Å². The van der Waals surface area contributed by atoms with E-state index in [1.165, 1.54) is 0 Å². The van der Waals surface area contributed by atoms with Crippen LogP contribution >= 0.6 is 15.9 Å². The summed E-state index contributed by atoms with van der Waals surface area (Å²) in [6.07, 6.45) is 1.68. The van der Waals surface area contributed by atoms with E-state index in [-0.39, 0.29) is 0 Å². The Balaban J connectivity index is 2.07. The third kappa shape index (κ3) is 1.95. The predicted molar refractivity (Wildman–Crippen MR) is 90.5 cm³/mol. The van der Waals surface area contributed by atoms with Crippen molar-refractivity contribution >= 4 is 44.1 Å². The first-order chi connectivity index (χ1) is 10.8. The molecule has 0 fully saturated rings. The molecule has 2 aromatic heterocycles. The molecule has 0 bridgehead atoms. The van der Waals surface area contributed by atoms with Gasteiger partial charge in [0.15, 0.2) is 0 Å². The number of anilines is 2. The van der Waals surface area contributed by atoms with Crippen molar-refractivity contribution in [3.05, 3.63) is 59.3 Å². The lowest BCUT2D eigenvalue weighted by atomic mass is 10.2. The minimum absolute atomic E-state index is 0.586. The third-order valence-corrected chi connectivity index (χ3v) is 4.33. The summed E-state index contributed by atoms with van der Waals surface area (Å²) >= 11 is 3.64. The zero-order valence-corrected chi connectivity index (χ0v) is 13.4. The number of hydrogen-bond donors (Lipinski definition) is 0. The number of benzene rings is 2. The molecule has 2 aromatic carbocycles. The quantitative estimate of drug-likeness (QED) is 0.549. The Hall–Kier alpha value is -2.47. The molecule has 108 valence electrons. The first-order valence-corrected chi connectivity index (χ1v) is 7.62. The highest BCUT2D eigenvalue weighted by atomic mass is 79.9. The molecule has 22 heavy (non-hydrogen) atoms. The average Bonchev–Trinajstić information content (AvgIpc) is 3.03. The van der Waals surface area contributed by atoms with Crippen LogP contribution in [0.15, 0.2) is 59.3 Å². The summed E-state index contributed by atoms with van der Waals surface area (Å²) in [5.74, 6) is 1.43. The number of hydrogen-bond acceptors (Lipinski definition) is 4. The highest BCUT2D eigenvalue weighted by molar-refractivity contribution is 9.10. The molecule has 0 spiro atoms. The van der Waals surface area contributed by atoms with E-state index in [9.17, 15) is 0 Å². The highest BCUT2D eigenvalue weighted by Gasteiger charge is 2.16. The van der Waals surface area contributed by atoms with E-state index in [1.807, 2.05) is 47.8 Å². The second kappa shape index (κ2) is 5.06. The Morgan fingerprint density at radius 3 is 2.68 bits per heavy atom. The smallest absolute Gasteiger partial charge is 0.257 e. The van der Waals surface area contributed by atoms with E-state index in [0.29, 0.717) is 5.78 Å². The van der Waals surface area contributed by atoms with Crippen molar-refractivity contribution in [2.24, 2.45) is 0 Å². The van der Waals surface area contributed by atoms with Gasteiger partial charge in [0.05, 0.1) is 10.9 Å². The normalized spacial score (nSPS) is 11.2.